The van der Waals surface area contributed by atoms with Crippen LogP contribution in [0.4, 0.5) is 0 Å². The van der Waals surface area contributed by atoms with Gasteiger partial charge in [0, 0.05) is 17.8 Å². The molecule has 0 unspecified atom stereocenters. The second-order valence-corrected chi connectivity index (χ2v) is 3.73. The first kappa shape index (κ1) is 9.75. The average Bonchev–Trinajstić information content (AvgIpc) is 2.09. The van der Waals surface area contributed by atoms with E-state index < -0.39 is 0 Å². The molecule has 0 atom stereocenters. The number of hydrogen-bond donors (Lipinski definition) is 2. The molecule has 0 heterocycles. The molecule has 1 saturated carbocycles. The number of thiol groups is 2. The van der Waals surface area contributed by atoms with E-state index in [9.17, 15) is 0 Å². The standard InChI is InChI=1S/C8H17NS2/c10-6-9(7-11)8-4-2-1-3-5-8/h8,10-11H,1-7H2. The van der Waals surface area contributed by atoms with Crippen LogP contribution in [0.5, 0.6) is 0 Å². The molecule has 0 spiro atoms. The molecule has 0 N–H and O–H groups in total. The van der Waals surface area contributed by atoms with Crippen molar-refractivity contribution >= 4 is 25.3 Å². The average molecular weight is 191 g/mol. The normalized spacial score (nSPS) is 21.0. The fourth-order valence-electron chi connectivity index (χ4n) is 1.72. The Morgan fingerprint density at radius 3 is 2.00 bits per heavy atom. The largest absolute Gasteiger partial charge is 0.283 e. The van der Waals surface area contributed by atoms with E-state index >= 15 is 0 Å². The first-order valence-corrected chi connectivity index (χ1v) is 5.60. The van der Waals surface area contributed by atoms with Crippen LogP contribution in [-0.4, -0.2) is 22.7 Å². The predicted molar refractivity (Wildman–Crippen MR) is 56.4 cm³/mol. The SMILES string of the molecule is SCN(CS)C1CCCCC1. The Morgan fingerprint density at radius 1 is 1.00 bits per heavy atom. The van der Waals surface area contributed by atoms with E-state index in [-0.39, 0.29) is 0 Å². The van der Waals surface area contributed by atoms with Crippen molar-refractivity contribution in [2.24, 2.45) is 0 Å². The summed E-state index contributed by atoms with van der Waals surface area (Å²) in [5, 5.41) is 0. The molecule has 1 aliphatic carbocycles. The lowest BCUT2D eigenvalue weighted by molar-refractivity contribution is 0.213. The van der Waals surface area contributed by atoms with Gasteiger partial charge in [-0.05, 0) is 12.8 Å². The quantitative estimate of drug-likeness (QED) is 0.512. The molecule has 0 bridgehead atoms. The molecule has 0 amide bonds. The van der Waals surface area contributed by atoms with Crippen LogP contribution >= 0.6 is 25.3 Å². The lowest BCUT2D eigenvalue weighted by Gasteiger charge is -2.31. The maximum absolute atomic E-state index is 4.28. The summed E-state index contributed by atoms with van der Waals surface area (Å²) in [6.45, 7) is 0. The van der Waals surface area contributed by atoms with Crippen LogP contribution in [0.15, 0.2) is 0 Å². The van der Waals surface area contributed by atoms with Gasteiger partial charge in [0.25, 0.3) is 0 Å². The maximum atomic E-state index is 4.28. The smallest absolute Gasteiger partial charge is 0.0425 e. The summed E-state index contributed by atoms with van der Waals surface area (Å²) < 4.78 is 0. The zero-order chi connectivity index (χ0) is 8.10. The summed E-state index contributed by atoms with van der Waals surface area (Å²) in [6.07, 6.45) is 6.90. The summed E-state index contributed by atoms with van der Waals surface area (Å²) in [4.78, 5) is 2.34. The molecule has 1 nitrogen and oxygen atoms in total. The molecule has 0 saturated heterocycles. The van der Waals surface area contributed by atoms with Crippen LogP contribution in [0.1, 0.15) is 32.1 Å². The number of nitrogens with zero attached hydrogens (tertiary/aromatic N) is 1. The molecule has 0 aliphatic heterocycles. The van der Waals surface area contributed by atoms with Gasteiger partial charge in [0.05, 0.1) is 0 Å². The predicted octanol–water partition coefficient (Wildman–Crippen LogP) is 2.40. The Morgan fingerprint density at radius 2 is 1.55 bits per heavy atom. The maximum Gasteiger partial charge on any atom is 0.0425 e. The Hall–Kier alpha value is 0.660. The molecule has 0 radical (unpaired) electrons. The van der Waals surface area contributed by atoms with Crippen molar-refractivity contribution in [1.29, 1.82) is 0 Å². The van der Waals surface area contributed by atoms with E-state index in [4.69, 9.17) is 0 Å². The van der Waals surface area contributed by atoms with Crippen LogP contribution in [0.3, 0.4) is 0 Å². The zero-order valence-electron chi connectivity index (χ0n) is 6.87. The monoisotopic (exact) mass is 191 g/mol. The van der Waals surface area contributed by atoms with Gasteiger partial charge in [0.1, 0.15) is 0 Å². The summed E-state index contributed by atoms with van der Waals surface area (Å²) >= 11 is 8.57. The Kier molecular flexibility index (Phi) is 4.72. The van der Waals surface area contributed by atoms with Gasteiger partial charge in [-0.25, -0.2) is 0 Å². The highest BCUT2D eigenvalue weighted by Gasteiger charge is 2.18. The van der Waals surface area contributed by atoms with E-state index in [1.165, 1.54) is 32.1 Å². The third-order valence-electron chi connectivity index (χ3n) is 2.45. The van der Waals surface area contributed by atoms with Gasteiger partial charge in [-0.1, -0.05) is 19.3 Å². The third-order valence-corrected chi connectivity index (χ3v) is 3.18. The molecular formula is C8H17NS2. The highest BCUT2D eigenvalue weighted by atomic mass is 32.1. The Labute approximate surface area is 80.4 Å². The minimum Gasteiger partial charge on any atom is -0.283 e. The van der Waals surface area contributed by atoms with E-state index in [1.807, 2.05) is 0 Å². The van der Waals surface area contributed by atoms with Gasteiger partial charge in [-0.15, -0.1) is 0 Å². The van der Waals surface area contributed by atoms with Gasteiger partial charge in [-0.3, -0.25) is 4.90 Å². The molecule has 0 aromatic rings. The summed E-state index contributed by atoms with van der Waals surface area (Å²) in [6, 6.07) is 0.763. The first-order chi connectivity index (χ1) is 5.38. The van der Waals surface area contributed by atoms with Gasteiger partial charge < -0.3 is 0 Å². The molecule has 3 heteroatoms. The van der Waals surface area contributed by atoms with Crippen molar-refractivity contribution in [1.82, 2.24) is 4.90 Å². The zero-order valence-corrected chi connectivity index (χ0v) is 8.66. The van der Waals surface area contributed by atoms with E-state index in [0.29, 0.717) is 0 Å². The molecule has 1 rings (SSSR count). The van der Waals surface area contributed by atoms with Crippen LogP contribution in [0.2, 0.25) is 0 Å². The van der Waals surface area contributed by atoms with Crippen LogP contribution in [0, 0.1) is 0 Å². The number of hydrogen-bond acceptors (Lipinski definition) is 3. The van der Waals surface area contributed by atoms with Gasteiger partial charge in [0.2, 0.25) is 0 Å². The topological polar surface area (TPSA) is 3.24 Å². The lowest BCUT2D eigenvalue weighted by atomic mass is 9.95. The van der Waals surface area contributed by atoms with E-state index in [1.54, 1.807) is 0 Å². The molecule has 11 heavy (non-hydrogen) atoms. The Balaban J connectivity index is 2.30. The summed E-state index contributed by atoms with van der Waals surface area (Å²) in [7, 11) is 0. The van der Waals surface area contributed by atoms with E-state index in [2.05, 4.69) is 30.2 Å². The van der Waals surface area contributed by atoms with E-state index in [0.717, 1.165) is 17.8 Å². The minimum absolute atomic E-state index is 0.763. The van der Waals surface area contributed by atoms with Crippen molar-refractivity contribution in [3.63, 3.8) is 0 Å². The van der Waals surface area contributed by atoms with Crippen LogP contribution < -0.4 is 0 Å². The Bertz CT molecular complexity index is 98.3. The lowest BCUT2D eigenvalue weighted by Crippen LogP contribution is -2.34. The van der Waals surface area contributed by atoms with Gasteiger partial charge >= 0.3 is 0 Å². The van der Waals surface area contributed by atoms with Crippen molar-refractivity contribution < 1.29 is 0 Å². The van der Waals surface area contributed by atoms with Crippen LogP contribution in [-0.2, 0) is 0 Å². The second kappa shape index (κ2) is 5.33. The highest BCUT2D eigenvalue weighted by molar-refractivity contribution is 7.81. The second-order valence-electron chi connectivity index (χ2n) is 3.16. The third kappa shape index (κ3) is 2.88. The molecule has 1 fully saturated rings. The molecule has 66 valence electrons. The molecule has 0 aromatic carbocycles. The summed E-state index contributed by atoms with van der Waals surface area (Å²) in [5.41, 5.74) is 0. The molecule has 0 aromatic heterocycles. The van der Waals surface area contributed by atoms with Crippen molar-refractivity contribution in [3.8, 4) is 0 Å². The fraction of sp³-hybridized carbons (Fsp3) is 1.00. The van der Waals surface area contributed by atoms with Crippen molar-refractivity contribution in [2.45, 2.75) is 38.1 Å². The van der Waals surface area contributed by atoms with Crippen molar-refractivity contribution in [2.75, 3.05) is 11.8 Å². The fourth-order valence-corrected chi connectivity index (χ4v) is 2.54. The molecular weight excluding hydrogens is 174 g/mol. The first-order valence-electron chi connectivity index (χ1n) is 4.34. The van der Waals surface area contributed by atoms with Crippen molar-refractivity contribution in [3.05, 3.63) is 0 Å². The molecule has 1 aliphatic rings. The van der Waals surface area contributed by atoms with Gasteiger partial charge in [-0.2, -0.15) is 25.3 Å². The van der Waals surface area contributed by atoms with Crippen LogP contribution in [0.25, 0.3) is 0 Å². The minimum atomic E-state index is 0.763. The number of rotatable bonds is 3. The highest BCUT2D eigenvalue weighted by Crippen LogP contribution is 2.22. The van der Waals surface area contributed by atoms with Gasteiger partial charge in [0.15, 0.2) is 0 Å². The summed E-state index contributed by atoms with van der Waals surface area (Å²) in [5.74, 6) is 1.71.